The van der Waals surface area contributed by atoms with Crippen LogP contribution in [0.25, 0.3) is 0 Å². The first-order valence-electron chi connectivity index (χ1n) is 7.88. The van der Waals surface area contributed by atoms with Crippen molar-refractivity contribution in [2.45, 2.75) is 57.9 Å². The zero-order valence-corrected chi connectivity index (χ0v) is 12.6. The van der Waals surface area contributed by atoms with Crippen LogP contribution in [0.4, 0.5) is 11.5 Å². The number of nitrogens with zero attached hydrogens (tertiary/aromatic N) is 1. The molecule has 1 heterocycles. The molecule has 2 atom stereocenters. The van der Waals surface area contributed by atoms with Gasteiger partial charge in [-0.05, 0) is 61.3 Å². The Morgan fingerprint density at radius 3 is 2.45 bits per heavy atom. The van der Waals surface area contributed by atoms with Crippen molar-refractivity contribution >= 4 is 11.5 Å². The van der Waals surface area contributed by atoms with Gasteiger partial charge in [-0.25, -0.2) is 4.98 Å². The van der Waals surface area contributed by atoms with E-state index in [4.69, 9.17) is 5.73 Å². The maximum absolute atomic E-state index is 5.83. The number of aromatic nitrogens is 1. The molecule has 0 spiro atoms. The monoisotopic (exact) mass is 271 g/mol. The van der Waals surface area contributed by atoms with Gasteiger partial charge in [0, 0.05) is 23.5 Å². The molecule has 4 saturated carbocycles. The Morgan fingerprint density at radius 2 is 1.85 bits per heavy atom. The van der Waals surface area contributed by atoms with Crippen molar-refractivity contribution in [3.8, 4) is 0 Å². The van der Waals surface area contributed by atoms with E-state index in [0.717, 1.165) is 11.6 Å². The minimum atomic E-state index is 0.288. The zero-order valence-electron chi connectivity index (χ0n) is 12.6. The minimum absolute atomic E-state index is 0.288. The summed E-state index contributed by atoms with van der Waals surface area (Å²) in [5, 5.41) is 3.86. The second-order valence-electron chi connectivity index (χ2n) is 8.50. The quantitative estimate of drug-likeness (QED) is 0.859. The Labute approximate surface area is 121 Å². The molecule has 0 amide bonds. The largest absolute Gasteiger partial charge is 0.384 e. The summed E-state index contributed by atoms with van der Waals surface area (Å²) in [6.45, 7) is 5.01. The Balaban J connectivity index is 1.67. The van der Waals surface area contributed by atoms with Crippen molar-refractivity contribution in [1.29, 1.82) is 0 Å². The molecule has 108 valence electrons. The molecule has 3 nitrogen and oxygen atoms in total. The normalized spacial score (nSPS) is 45.6. The van der Waals surface area contributed by atoms with E-state index in [1.165, 1.54) is 38.5 Å². The molecule has 0 saturated heterocycles. The fraction of sp³-hybridized carbons (Fsp3) is 0.706. The van der Waals surface area contributed by atoms with E-state index < -0.39 is 0 Å². The average Bonchev–Trinajstić information content (AvgIpc) is 2.22. The van der Waals surface area contributed by atoms with E-state index in [2.05, 4.69) is 30.2 Å². The van der Waals surface area contributed by atoms with Gasteiger partial charge >= 0.3 is 0 Å². The molecule has 0 radical (unpaired) electrons. The first-order valence-corrected chi connectivity index (χ1v) is 7.88. The van der Waals surface area contributed by atoms with Gasteiger partial charge in [-0.1, -0.05) is 13.8 Å². The Morgan fingerprint density at radius 1 is 1.15 bits per heavy atom. The molecule has 1 aromatic rings. The maximum Gasteiger partial charge on any atom is 0.125 e. The molecule has 4 bridgehead atoms. The van der Waals surface area contributed by atoms with Crippen LogP contribution in [0.1, 0.15) is 52.4 Å². The molecule has 2 unspecified atom stereocenters. The first kappa shape index (κ1) is 12.5. The topological polar surface area (TPSA) is 50.9 Å². The number of nitrogens with two attached hydrogens (primary N) is 1. The highest BCUT2D eigenvalue weighted by Gasteiger charge is 2.60. The highest BCUT2D eigenvalue weighted by molar-refractivity contribution is 5.52. The van der Waals surface area contributed by atoms with E-state index in [1.807, 2.05) is 12.3 Å². The zero-order chi connectivity index (χ0) is 14.0. The van der Waals surface area contributed by atoms with Crippen LogP contribution in [0, 0.1) is 16.7 Å². The van der Waals surface area contributed by atoms with Crippen molar-refractivity contribution in [3.05, 3.63) is 18.3 Å². The van der Waals surface area contributed by atoms with Gasteiger partial charge in [-0.15, -0.1) is 0 Å². The molecule has 4 aliphatic carbocycles. The number of rotatable bonds is 2. The fourth-order valence-electron chi connectivity index (χ4n) is 6.42. The van der Waals surface area contributed by atoms with E-state index in [1.54, 1.807) is 0 Å². The summed E-state index contributed by atoms with van der Waals surface area (Å²) in [6.07, 6.45) is 10.1. The third-order valence-electron chi connectivity index (χ3n) is 5.82. The summed E-state index contributed by atoms with van der Waals surface area (Å²) in [5.74, 6) is 1.52. The van der Waals surface area contributed by atoms with E-state index >= 15 is 0 Å². The first-order chi connectivity index (χ1) is 9.38. The second-order valence-corrected chi connectivity index (χ2v) is 8.50. The molecule has 3 heteroatoms. The highest BCUT2D eigenvalue weighted by atomic mass is 15.0. The lowest BCUT2D eigenvalue weighted by Crippen LogP contribution is -2.61. The molecule has 0 aliphatic heterocycles. The summed E-state index contributed by atoms with van der Waals surface area (Å²) < 4.78 is 0. The third-order valence-corrected chi connectivity index (χ3v) is 5.82. The van der Waals surface area contributed by atoms with Crippen LogP contribution in [0.15, 0.2) is 18.3 Å². The molecule has 20 heavy (non-hydrogen) atoms. The van der Waals surface area contributed by atoms with Crippen molar-refractivity contribution in [2.75, 3.05) is 11.1 Å². The smallest absolute Gasteiger partial charge is 0.125 e. The number of nitrogens with one attached hydrogen (secondary N) is 1. The lowest BCUT2D eigenvalue weighted by Gasteiger charge is -2.65. The molecule has 1 aromatic heterocycles. The Kier molecular flexibility index (Phi) is 2.30. The Bertz CT molecular complexity index is 535. The molecule has 5 rings (SSSR count). The molecular formula is C17H25N3. The summed E-state index contributed by atoms with van der Waals surface area (Å²) in [6, 6.07) is 4.03. The van der Waals surface area contributed by atoms with Gasteiger partial charge in [0.05, 0.1) is 0 Å². The van der Waals surface area contributed by atoms with Gasteiger partial charge in [-0.2, -0.15) is 0 Å². The van der Waals surface area contributed by atoms with E-state index in [9.17, 15) is 0 Å². The predicted molar refractivity (Wildman–Crippen MR) is 82.4 cm³/mol. The highest BCUT2D eigenvalue weighted by Crippen LogP contribution is 2.66. The van der Waals surface area contributed by atoms with E-state index in [0.29, 0.717) is 16.6 Å². The summed E-state index contributed by atoms with van der Waals surface area (Å²) in [5.41, 5.74) is 8.34. The number of pyridine rings is 1. The summed E-state index contributed by atoms with van der Waals surface area (Å²) in [7, 11) is 0. The van der Waals surface area contributed by atoms with Crippen LogP contribution in [-0.4, -0.2) is 10.5 Å². The van der Waals surface area contributed by atoms with Gasteiger partial charge in [0.15, 0.2) is 0 Å². The van der Waals surface area contributed by atoms with Crippen LogP contribution in [0.2, 0.25) is 0 Å². The molecular weight excluding hydrogens is 246 g/mol. The van der Waals surface area contributed by atoms with E-state index in [-0.39, 0.29) is 5.54 Å². The van der Waals surface area contributed by atoms with Crippen molar-refractivity contribution in [1.82, 2.24) is 4.98 Å². The van der Waals surface area contributed by atoms with Crippen molar-refractivity contribution in [3.63, 3.8) is 0 Å². The molecule has 4 fully saturated rings. The van der Waals surface area contributed by atoms with Crippen molar-refractivity contribution < 1.29 is 0 Å². The molecule has 3 N–H and O–H groups in total. The minimum Gasteiger partial charge on any atom is -0.384 e. The van der Waals surface area contributed by atoms with Crippen molar-refractivity contribution in [2.24, 2.45) is 16.7 Å². The number of hydrogen-bond donors (Lipinski definition) is 2. The third kappa shape index (κ3) is 1.90. The molecule has 4 aliphatic rings. The SMILES string of the molecule is CC12CC3CC(C)(C1)CC(Nc1ccnc(N)c1)(C3)C2. The fourth-order valence-corrected chi connectivity index (χ4v) is 6.42. The average molecular weight is 271 g/mol. The second kappa shape index (κ2) is 3.69. The Hall–Kier alpha value is -1.25. The predicted octanol–water partition coefficient (Wildman–Crippen LogP) is 3.82. The maximum atomic E-state index is 5.83. The van der Waals surface area contributed by atoms with Crippen LogP contribution in [-0.2, 0) is 0 Å². The number of nitrogen functional groups attached to an aromatic ring is 1. The summed E-state index contributed by atoms with van der Waals surface area (Å²) >= 11 is 0. The lowest BCUT2D eigenvalue weighted by molar-refractivity contribution is -0.0972. The van der Waals surface area contributed by atoms with Gasteiger partial charge < -0.3 is 11.1 Å². The number of anilines is 2. The van der Waals surface area contributed by atoms with Crippen LogP contribution >= 0.6 is 0 Å². The molecule has 0 aromatic carbocycles. The van der Waals surface area contributed by atoms with Gasteiger partial charge in [0.2, 0.25) is 0 Å². The summed E-state index contributed by atoms with van der Waals surface area (Å²) in [4.78, 5) is 4.10. The number of hydrogen-bond acceptors (Lipinski definition) is 3. The lowest BCUT2D eigenvalue weighted by atomic mass is 9.43. The van der Waals surface area contributed by atoms with Crippen LogP contribution < -0.4 is 11.1 Å². The van der Waals surface area contributed by atoms with Gasteiger partial charge in [0.25, 0.3) is 0 Å². The van der Waals surface area contributed by atoms with Gasteiger partial charge in [-0.3, -0.25) is 0 Å². The van der Waals surface area contributed by atoms with Crippen LogP contribution in [0.3, 0.4) is 0 Å². The standard InChI is InChI=1S/C17H25N3/c1-15-6-12-7-16(2,9-15)11-17(8-12,10-15)20-13-3-4-19-14(18)5-13/h3-5,12H,6-11H2,1-2H3,(H3,18,19,20). The van der Waals surface area contributed by atoms with Gasteiger partial charge in [0.1, 0.15) is 5.82 Å². The van der Waals surface area contributed by atoms with Crippen LogP contribution in [0.5, 0.6) is 0 Å².